The van der Waals surface area contributed by atoms with Crippen molar-refractivity contribution >= 4 is 5.91 Å². The molecule has 4 rings (SSSR count). The zero-order valence-electron chi connectivity index (χ0n) is 15.0. The maximum absolute atomic E-state index is 12.8. The van der Waals surface area contributed by atoms with Gasteiger partial charge >= 0.3 is 0 Å². The van der Waals surface area contributed by atoms with Crippen molar-refractivity contribution in [2.24, 2.45) is 11.7 Å². The molecule has 2 aliphatic rings. The summed E-state index contributed by atoms with van der Waals surface area (Å²) in [5.74, 6) is 1.11. The van der Waals surface area contributed by atoms with Crippen LogP contribution in [0.5, 0.6) is 5.75 Å². The van der Waals surface area contributed by atoms with Gasteiger partial charge in [0.2, 0.25) is 5.91 Å². The van der Waals surface area contributed by atoms with E-state index in [0.717, 1.165) is 55.6 Å². The second kappa shape index (κ2) is 7.50. The van der Waals surface area contributed by atoms with E-state index in [1.54, 1.807) is 0 Å². The van der Waals surface area contributed by atoms with Crippen LogP contribution < -0.4 is 15.8 Å². The van der Waals surface area contributed by atoms with Crippen molar-refractivity contribution in [3.63, 3.8) is 0 Å². The number of carbonyl (C=O) groups excluding carboxylic acids is 1. The van der Waals surface area contributed by atoms with E-state index in [2.05, 4.69) is 29.6 Å². The first kappa shape index (κ1) is 17.1. The summed E-state index contributed by atoms with van der Waals surface area (Å²) in [7, 11) is 0. The van der Waals surface area contributed by atoms with E-state index in [9.17, 15) is 4.79 Å². The lowest BCUT2D eigenvalue weighted by Gasteiger charge is -2.24. The average molecular weight is 350 g/mol. The van der Waals surface area contributed by atoms with E-state index in [-0.39, 0.29) is 23.9 Å². The third-order valence-corrected chi connectivity index (χ3v) is 5.53. The maximum Gasteiger partial charge on any atom is 0.223 e. The van der Waals surface area contributed by atoms with Gasteiger partial charge in [-0.2, -0.15) is 0 Å². The molecule has 1 aliphatic heterocycles. The Hall–Kier alpha value is -2.33. The van der Waals surface area contributed by atoms with Crippen LogP contribution in [0.2, 0.25) is 0 Å². The van der Waals surface area contributed by atoms with Crippen LogP contribution in [0.15, 0.2) is 48.5 Å². The minimum absolute atomic E-state index is 0.0252. The number of hydrogen-bond donors (Lipinski definition) is 2. The molecule has 4 nitrogen and oxygen atoms in total. The average Bonchev–Trinajstić information content (AvgIpc) is 3.13. The highest BCUT2D eigenvalue weighted by Crippen LogP contribution is 2.31. The Labute approximate surface area is 154 Å². The van der Waals surface area contributed by atoms with Crippen LogP contribution in [-0.4, -0.2) is 18.6 Å². The topological polar surface area (TPSA) is 64.4 Å². The van der Waals surface area contributed by atoms with E-state index in [4.69, 9.17) is 10.5 Å². The van der Waals surface area contributed by atoms with Crippen LogP contribution in [0, 0.1) is 5.92 Å². The van der Waals surface area contributed by atoms with Gasteiger partial charge in [-0.05, 0) is 60.9 Å². The van der Waals surface area contributed by atoms with Crippen molar-refractivity contribution in [1.29, 1.82) is 0 Å². The van der Waals surface area contributed by atoms with Gasteiger partial charge in [0.15, 0.2) is 0 Å². The number of ether oxygens (including phenoxy) is 1. The predicted octanol–water partition coefficient (Wildman–Crippen LogP) is 3.34. The minimum Gasteiger partial charge on any atom is -0.493 e. The fourth-order valence-electron chi connectivity index (χ4n) is 4.08. The van der Waals surface area contributed by atoms with Gasteiger partial charge in [-0.1, -0.05) is 36.4 Å². The lowest BCUT2D eigenvalue weighted by atomic mass is 9.94. The van der Waals surface area contributed by atoms with E-state index in [1.807, 2.05) is 24.3 Å². The Kier molecular flexibility index (Phi) is 4.93. The smallest absolute Gasteiger partial charge is 0.223 e. The highest BCUT2D eigenvalue weighted by molar-refractivity contribution is 5.80. The molecule has 0 saturated heterocycles. The first-order chi connectivity index (χ1) is 12.7. The Morgan fingerprint density at radius 2 is 1.96 bits per heavy atom. The molecule has 0 radical (unpaired) electrons. The number of nitrogens with two attached hydrogens (primary N) is 1. The quantitative estimate of drug-likeness (QED) is 0.889. The minimum atomic E-state index is -0.146. The standard InChI is InChI=1S/C22H26N2O2/c23-19-10-8-18(14-19)22(25)24-21(15-5-2-1-3-6-15)17-9-11-20-16(13-17)7-4-12-26-20/h1-3,5-6,9,11,13,18-19,21H,4,7-8,10,12,14,23H2,(H,24,25). The number of benzene rings is 2. The normalized spacial score (nSPS) is 23.0. The van der Waals surface area contributed by atoms with Crippen LogP contribution in [0.4, 0.5) is 0 Å². The summed E-state index contributed by atoms with van der Waals surface area (Å²) in [5, 5.41) is 3.28. The molecule has 0 spiro atoms. The second-order valence-corrected chi connectivity index (χ2v) is 7.44. The molecule has 3 atom stereocenters. The largest absolute Gasteiger partial charge is 0.493 e. The van der Waals surface area contributed by atoms with Crippen LogP contribution in [-0.2, 0) is 11.2 Å². The SMILES string of the molecule is NC1CCC(C(=O)NC(c2ccccc2)c2ccc3c(c2)CCCO3)C1. The Morgan fingerprint density at radius 3 is 2.73 bits per heavy atom. The number of fused-ring (bicyclic) bond motifs is 1. The molecule has 1 saturated carbocycles. The van der Waals surface area contributed by atoms with Gasteiger partial charge in [0.25, 0.3) is 0 Å². The zero-order valence-corrected chi connectivity index (χ0v) is 15.0. The van der Waals surface area contributed by atoms with E-state index in [1.165, 1.54) is 5.56 Å². The summed E-state index contributed by atoms with van der Waals surface area (Å²) < 4.78 is 5.74. The number of carbonyl (C=O) groups is 1. The van der Waals surface area contributed by atoms with E-state index in [0.29, 0.717) is 0 Å². The molecular formula is C22H26N2O2. The number of nitrogens with one attached hydrogen (secondary N) is 1. The van der Waals surface area contributed by atoms with Crippen molar-refractivity contribution < 1.29 is 9.53 Å². The van der Waals surface area contributed by atoms with Gasteiger partial charge in [-0.15, -0.1) is 0 Å². The highest BCUT2D eigenvalue weighted by Gasteiger charge is 2.30. The zero-order chi connectivity index (χ0) is 17.9. The molecule has 4 heteroatoms. The van der Waals surface area contributed by atoms with Crippen LogP contribution in [0.3, 0.4) is 0 Å². The lowest BCUT2D eigenvalue weighted by Crippen LogP contribution is -2.34. The van der Waals surface area contributed by atoms with Gasteiger partial charge < -0.3 is 15.8 Å². The van der Waals surface area contributed by atoms with E-state index < -0.39 is 0 Å². The molecule has 0 bridgehead atoms. The predicted molar refractivity (Wildman–Crippen MR) is 102 cm³/mol. The molecule has 2 aromatic carbocycles. The lowest BCUT2D eigenvalue weighted by molar-refractivity contribution is -0.125. The Bertz CT molecular complexity index is 775. The third-order valence-electron chi connectivity index (χ3n) is 5.53. The van der Waals surface area contributed by atoms with Crippen molar-refractivity contribution in [3.05, 3.63) is 65.2 Å². The Morgan fingerprint density at radius 1 is 1.12 bits per heavy atom. The second-order valence-electron chi connectivity index (χ2n) is 7.44. The number of aryl methyl sites for hydroxylation is 1. The monoisotopic (exact) mass is 350 g/mol. The van der Waals surface area contributed by atoms with Crippen molar-refractivity contribution in [2.75, 3.05) is 6.61 Å². The van der Waals surface area contributed by atoms with Crippen molar-refractivity contribution in [1.82, 2.24) is 5.32 Å². The number of hydrogen-bond acceptors (Lipinski definition) is 3. The molecule has 26 heavy (non-hydrogen) atoms. The molecule has 1 fully saturated rings. The molecule has 1 amide bonds. The maximum atomic E-state index is 12.8. The fraction of sp³-hybridized carbons (Fsp3) is 0.409. The van der Waals surface area contributed by atoms with Crippen LogP contribution in [0.25, 0.3) is 0 Å². The van der Waals surface area contributed by atoms with Gasteiger partial charge in [-0.25, -0.2) is 0 Å². The summed E-state index contributed by atoms with van der Waals surface area (Å²) in [6.45, 7) is 0.785. The first-order valence-electron chi connectivity index (χ1n) is 9.57. The molecule has 3 N–H and O–H groups in total. The summed E-state index contributed by atoms with van der Waals surface area (Å²) in [6, 6.07) is 16.5. The Balaban J connectivity index is 1.62. The fourth-order valence-corrected chi connectivity index (χ4v) is 4.08. The number of rotatable bonds is 4. The van der Waals surface area contributed by atoms with Crippen LogP contribution in [0.1, 0.15) is 48.4 Å². The molecule has 0 aromatic heterocycles. The molecular weight excluding hydrogens is 324 g/mol. The van der Waals surface area contributed by atoms with E-state index >= 15 is 0 Å². The van der Waals surface area contributed by atoms with Crippen molar-refractivity contribution in [2.45, 2.75) is 44.2 Å². The van der Waals surface area contributed by atoms with Crippen LogP contribution >= 0.6 is 0 Å². The van der Waals surface area contributed by atoms with Crippen molar-refractivity contribution in [3.8, 4) is 5.75 Å². The summed E-state index contributed by atoms with van der Waals surface area (Å²) in [4.78, 5) is 12.8. The van der Waals surface area contributed by atoms with Gasteiger partial charge in [0.1, 0.15) is 5.75 Å². The molecule has 1 heterocycles. The number of amides is 1. The third kappa shape index (κ3) is 3.61. The molecule has 1 aliphatic carbocycles. The molecule has 136 valence electrons. The van der Waals surface area contributed by atoms with Gasteiger partial charge in [-0.3, -0.25) is 4.79 Å². The van der Waals surface area contributed by atoms with Gasteiger partial charge in [0.05, 0.1) is 12.6 Å². The highest BCUT2D eigenvalue weighted by atomic mass is 16.5. The molecule has 3 unspecified atom stereocenters. The molecule has 2 aromatic rings. The summed E-state index contributed by atoms with van der Waals surface area (Å²) >= 11 is 0. The summed E-state index contributed by atoms with van der Waals surface area (Å²) in [5.41, 5.74) is 9.43. The first-order valence-corrected chi connectivity index (χ1v) is 9.57. The summed E-state index contributed by atoms with van der Waals surface area (Å²) in [6.07, 6.45) is 4.66. The van der Waals surface area contributed by atoms with Gasteiger partial charge in [0, 0.05) is 12.0 Å².